The van der Waals surface area contributed by atoms with Gasteiger partial charge in [-0.15, -0.1) is 11.8 Å². The summed E-state index contributed by atoms with van der Waals surface area (Å²) in [5.74, 6) is -0.340. The van der Waals surface area contributed by atoms with Crippen molar-refractivity contribution in [3.63, 3.8) is 0 Å². The van der Waals surface area contributed by atoms with Crippen molar-refractivity contribution >= 4 is 44.4 Å². The van der Waals surface area contributed by atoms with E-state index in [1.807, 2.05) is 60.9 Å². The Balaban J connectivity index is 1.65. The molecule has 3 aromatic carbocycles. The number of nitrogens with zero attached hydrogens (tertiary/aromatic N) is 2. The predicted octanol–water partition coefficient (Wildman–Crippen LogP) is 5.93. The Labute approximate surface area is 177 Å². The number of carbonyl (C=O) groups is 1. The van der Waals surface area contributed by atoms with E-state index in [4.69, 9.17) is 0 Å². The van der Waals surface area contributed by atoms with Crippen LogP contribution in [0.25, 0.3) is 10.2 Å². The first-order chi connectivity index (χ1) is 14.1. The minimum atomic E-state index is -0.303. The van der Waals surface area contributed by atoms with Gasteiger partial charge in [0.15, 0.2) is 5.13 Å². The Morgan fingerprint density at radius 1 is 1.03 bits per heavy atom. The summed E-state index contributed by atoms with van der Waals surface area (Å²) in [4.78, 5) is 20.7. The third-order valence-corrected chi connectivity index (χ3v) is 6.35. The van der Waals surface area contributed by atoms with Crippen LogP contribution in [0.1, 0.15) is 11.1 Å². The lowest BCUT2D eigenvalue weighted by Gasteiger charge is -2.20. The number of thiazole rings is 1. The van der Waals surface area contributed by atoms with Crippen LogP contribution in [0, 0.1) is 5.82 Å². The fourth-order valence-electron chi connectivity index (χ4n) is 3.04. The van der Waals surface area contributed by atoms with E-state index in [9.17, 15) is 9.18 Å². The zero-order chi connectivity index (χ0) is 20.2. The van der Waals surface area contributed by atoms with Gasteiger partial charge in [-0.2, -0.15) is 0 Å². The summed E-state index contributed by atoms with van der Waals surface area (Å²) in [6.07, 6.45) is 2.31. The molecule has 0 saturated carbocycles. The molecule has 1 amide bonds. The molecule has 0 bridgehead atoms. The lowest BCUT2D eigenvalue weighted by Crippen LogP contribution is -2.31. The summed E-state index contributed by atoms with van der Waals surface area (Å²) >= 11 is 3.00. The van der Waals surface area contributed by atoms with Gasteiger partial charge in [0.2, 0.25) is 5.91 Å². The van der Waals surface area contributed by atoms with Crippen molar-refractivity contribution in [2.24, 2.45) is 0 Å². The van der Waals surface area contributed by atoms with Crippen molar-refractivity contribution in [1.29, 1.82) is 0 Å². The van der Waals surface area contributed by atoms with Gasteiger partial charge in [0.25, 0.3) is 0 Å². The molecule has 6 heteroatoms. The Bertz CT molecular complexity index is 1130. The van der Waals surface area contributed by atoms with E-state index in [1.165, 1.54) is 23.5 Å². The lowest BCUT2D eigenvalue weighted by atomic mass is 10.1. The molecule has 146 valence electrons. The summed E-state index contributed by atoms with van der Waals surface area (Å²) in [5, 5.41) is 0.584. The fourth-order valence-corrected chi connectivity index (χ4v) is 4.46. The normalized spacial score (nSPS) is 11.0. The molecule has 1 aromatic heterocycles. The first kappa shape index (κ1) is 19.6. The van der Waals surface area contributed by atoms with E-state index in [2.05, 4.69) is 4.98 Å². The number of aromatic nitrogens is 1. The van der Waals surface area contributed by atoms with E-state index in [0.717, 1.165) is 20.7 Å². The van der Waals surface area contributed by atoms with Crippen LogP contribution in [0.3, 0.4) is 0 Å². The monoisotopic (exact) mass is 422 g/mol. The quantitative estimate of drug-likeness (QED) is 0.361. The number of rotatable bonds is 6. The zero-order valence-corrected chi connectivity index (χ0v) is 17.5. The molecule has 4 aromatic rings. The number of hydrogen-bond acceptors (Lipinski definition) is 4. The molecule has 0 aliphatic rings. The number of amides is 1. The summed E-state index contributed by atoms with van der Waals surface area (Å²) in [6, 6.07) is 22.3. The first-order valence-corrected chi connectivity index (χ1v) is 11.2. The van der Waals surface area contributed by atoms with Crippen LogP contribution in [0.4, 0.5) is 9.52 Å². The summed E-state index contributed by atoms with van der Waals surface area (Å²) in [5.41, 5.74) is 2.67. The van der Waals surface area contributed by atoms with Gasteiger partial charge >= 0.3 is 0 Å². The maximum absolute atomic E-state index is 13.6. The molecular weight excluding hydrogens is 403 g/mol. The van der Waals surface area contributed by atoms with E-state index in [-0.39, 0.29) is 18.1 Å². The molecule has 1 heterocycles. The van der Waals surface area contributed by atoms with Crippen molar-refractivity contribution in [3.8, 4) is 0 Å². The average molecular weight is 423 g/mol. The predicted molar refractivity (Wildman–Crippen MR) is 119 cm³/mol. The molecule has 3 nitrogen and oxygen atoms in total. The van der Waals surface area contributed by atoms with Crippen LogP contribution in [0.2, 0.25) is 0 Å². The highest BCUT2D eigenvalue weighted by Gasteiger charge is 2.21. The minimum Gasteiger partial charge on any atom is -0.283 e. The van der Waals surface area contributed by atoms with Crippen molar-refractivity contribution in [2.75, 3.05) is 11.2 Å². The number of thioether (sulfide) groups is 1. The molecule has 0 saturated heterocycles. The van der Waals surface area contributed by atoms with E-state index < -0.39 is 0 Å². The van der Waals surface area contributed by atoms with Crippen molar-refractivity contribution in [2.45, 2.75) is 17.9 Å². The molecule has 29 heavy (non-hydrogen) atoms. The zero-order valence-electron chi connectivity index (χ0n) is 15.8. The average Bonchev–Trinajstić information content (AvgIpc) is 3.16. The smallest absolute Gasteiger partial charge is 0.233 e. The summed E-state index contributed by atoms with van der Waals surface area (Å²) in [7, 11) is 0. The molecule has 0 aliphatic heterocycles. The van der Waals surface area contributed by atoms with Crippen LogP contribution in [0.5, 0.6) is 0 Å². The highest BCUT2D eigenvalue weighted by Crippen LogP contribution is 2.31. The van der Waals surface area contributed by atoms with Gasteiger partial charge in [0.1, 0.15) is 5.82 Å². The molecule has 0 radical (unpaired) electrons. The Hall–Kier alpha value is -2.70. The largest absolute Gasteiger partial charge is 0.283 e. The summed E-state index contributed by atoms with van der Waals surface area (Å²) < 4.78 is 14.3. The second kappa shape index (κ2) is 8.76. The highest BCUT2D eigenvalue weighted by atomic mass is 32.2. The summed E-state index contributed by atoms with van der Waals surface area (Å²) in [6.45, 7) is 0.422. The second-order valence-electron chi connectivity index (χ2n) is 6.60. The van der Waals surface area contributed by atoms with Gasteiger partial charge in [0, 0.05) is 4.90 Å². The first-order valence-electron chi connectivity index (χ1n) is 9.16. The van der Waals surface area contributed by atoms with E-state index in [1.54, 1.807) is 22.7 Å². The van der Waals surface area contributed by atoms with Gasteiger partial charge in [-0.25, -0.2) is 9.37 Å². The Morgan fingerprint density at radius 2 is 1.79 bits per heavy atom. The molecule has 0 unspecified atom stereocenters. The third-order valence-electron chi connectivity index (χ3n) is 4.57. The molecular formula is C23H19FN2OS2. The van der Waals surface area contributed by atoms with Crippen LogP contribution >= 0.6 is 23.1 Å². The van der Waals surface area contributed by atoms with E-state index in [0.29, 0.717) is 17.2 Å². The third kappa shape index (κ3) is 4.66. The van der Waals surface area contributed by atoms with Crippen molar-refractivity contribution < 1.29 is 9.18 Å². The van der Waals surface area contributed by atoms with Crippen molar-refractivity contribution in [3.05, 3.63) is 89.7 Å². The Kier molecular flexibility index (Phi) is 5.92. The van der Waals surface area contributed by atoms with E-state index >= 15 is 0 Å². The topological polar surface area (TPSA) is 33.2 Å². The van der Waals surface area contributed by atoms with Crippen LogP contribution in [-0.4, -0.2) is 17.1 Å². The molecule has 0 N–H and O–H groups in total. The minimum absolute atomic E-state index is 0.0368. The molecule has 0 atom stereocenters. The Morgan fingerprint density at radius 3 is 2.52 bits per heavy atom. The van der Waals surface area contributed by atoms with Crippen LogP contribution in [-0.2, 0) is 17.8 Å². The number of carbonyl (C=O) groups excluding carboxylic acids is 1. The van der Waals surface area contributed by atoms with Gasteiger partial charge in [-0.3, -0.25) is 9.69 Å². The number of benzene rings is 3. The molecule has 0 fully saturated rings. The highest BCUT2D eigenvalue weighted by molar-refractivity contribution is 7.98. The molecule has 4 rings (SSSR count). The second-order valence-corrected chi connectivity index (χ2v) is 8.49. The van der Waals surface area contributed by atoms with Crippen LogP contribution in [0.15, 0.2) is 77.7 Å². The fraction of sp³-hybridized carbons (Fsp3) is 0.130. The number of halogens is 1. The van der Waals surface area contributed by atoms with Gasteiger partial charge in [0.05, 0.1) is 23.2 Å². The number of anilines is 1. The number of hydrogen-bond donors (Lipinski definition) is 0. The lowest BCUT2D eigenvalue weighted by molar-refractivity contribution is -0.118. The maximum atomic E-state index is 13.6. The maximum Gasteiger partial charge on any atom is 0.233 e. The number of fused-ring (bicyclic) bond motifs is 1. The van der Waals surface area contributed by atoms with Gasteiger partial charge in [-0.05, 0) is 47.7 Å². The molecule has 0 spiro atoms. The van der Waals surface area contributed by atoms with Gasteiger partial charge < -0.3 is 0 Å². The van der Waals surface area contributed by atoms with Crippen molar-refractivity contribution in [1.82, 2.24) is 4.98 Å². The van der Waals surface area contributed by atoms with Crippen LogP contribution < -0.4 is 4.90 Å². The molecule has 0 aliphatic carbocycles. The van der Waals surface area contributed by atoms with Gasteiger partial charge in [-0.1, -0.05) is 53.8 Å². The standard InChI is InChI=1S/C23H19FN2OS2/c1-28-19-10-7-16(8-11-19)13-22(27)26(15-17-5-3-2-4-6-17)23-25-20-12-9-18(24)14-21(20)29-23/h2-12,14H,13,15H2,1H3. The SMILES string of the molecule is CSc1ccc(CC(=O)N(Cc2ccccc2)c2nc3ccc(F)cc3s2)cc1.